The number of unbranched alkanes of at least 4 members (excludes halogenated alkanes) is 1. The second-order valence-corrected chi connectivity index (χ2v) is 3.85. The first-order valence-electron chi connectivity index (χ1n) is 5.67. The second-order valence-electron chi connectivity index (χ2n) is 3.85. The molecule has 1 aliphatic rings. The minimum Gasteiger partial charge on any atom is -0.392 e. The summed E-state index contributed by atoms with van der Waals surface area (Å²) in [5.41, 5.74) is 0. The normalized spacial score (nSPS) is 20.7. The molecular formula is C13H19O2. The van der Waals surface area contributed by atoms with Gasteiger partial charge in [0.05, 0.1) is 12.0 Å². The summed E-state index contributed by atoms with van der Waals surface area (Å²) >= 11 is 0. The Bertz CT molecular complexity index is 201. The van der Waals surface area contributed by atoms with Crippen LogP contribution in [0.25, 0.3) is 0 Å². The van der Waals surface area contributed by atoms with E-state index >= 15 is 0 Å². The van der Waals surface area contributed by atoms with Gasteiger partial charge in [0.1, 0.15) is 5.78 Å². The molecule has 1 rings (SSSR count). The highest BCUT2D eigenvalue weighted by Gasteiger charge is 2.37. The summed E-state index contributed by atoms with van der Waals surface area (Å²) in [7, 11) is 0. The molecule has 15 heavy (non-hydrogen) atoms. The van der Waals surface area contributed by atoms with Crippen molar-refractivity contribution < 1.29 is 9.90 Å². The van der Waals surface area contributed by atoms with Crippen molar-refractivity contribution in [3.05, 3.63) is 31.1 Å². The Hall–Kier alpha value is -0.370. The van der Waals surface area contributed by atoms with Gasteiger partial charge in [-0.3, -0.25) is 4.79 Å². The summed E-state index contributed by atoms with van der Waals surface area (Å²) in [6.07, 6.45) is 8.18. The zero-order chi connectivity index (χ0) is 11.3. The average molecular weight is 207 g/mol. The van der Waals surface area contributed by atoms with Crippen molar-refractivity contribution in [2.24, 2.45) is 0 Å². The van der Waals surface area contributed by atoms with E-state index in [9.17, 15) is 9.90 Å². The van der Waals surface area contributed by atoms with Gasteiger partial charge in [0.25, 0.3) is 0 Å². The van der Waals surface area contributed by atoms with Gasteiger partial charge in [0, 0.05) is 12.3 Å². The zero-order valence-corrected chi connectivity index (χ0v) is 9.49. The van der Waals surface area contributed by atoms with E-state index in [2.05, 4.69) is 6.92 Å². The van der Waals surface area contributed by atoms with Crippen LogP contribution in [0.2, 0.25) is 0 Å². The molecule has 2 nitrogen and oxygen atoms in total. The summed E-state index contributed by atoms with van der Waals surface area (Å²) in [4.78, 5) is 11.8. The van der Waals surface area contributed by atoms with E-state index < -0.39 is 6.10 Å². The highest BCUT2D eigenvalue weighted by molar-refractivity contribution is 5.99. The van der Waals surface area contributed by atoms with Gasteiger partial charge in [-0.1, -0.05) is 20.3 Å². The van der Waals surface area contributed by atoms with Crippen LogP contribution >= 0.6 is 0 Å². The maximum absolute atomic E-state index is 11.8. The van der Waals surface area contributed by atoms with Gasteiger partial charge >= 0.3 is 0 Å². The van der Waals surface area contributed by atoms with Crippen LogP contribution in [0.4, 0.5) is 0 Å². The summed E-state index contributed by atoms with van der Waals surface area (Å²) in [5, 5.41) is 9.72. The number of carbonyl (C=O) groups is 1. The molecule has 5 radical (unpaired) electrons. The number of hydrogen-bond donors (Lipinski definition) is 1. The van der Waals surface area contributed by atoms with Crippen molar-refractivity contribution in [2.75, 3.05) is 0 Å². The smallest absolute Gasteiger partial charge is 0.141 e. The SMILES string of the molecule is CCCCC(=O)[C]1[CH][CH][CH][C]1C(O)CC. The maximum atomic E-state index is 11.8. The molecular weight excluding hydrogens is 188 g/mol. The molecule has 0 aliphatic heterocycles. The lowest BCUT2D eigenvalue weighted by atomic mass is 9.85. The largest absolute Gasteiger partial charge is 0.392 e. The van der Waals surface area contributed by atoms with E-state index in [0.717, 1.165) is 18.8 Å². The van der Waals surface area contributed by atoms with Crippen LogP contribution in [-0.2, 0) is 4.79 Å². The molecule has 2 heteroatoms. The van der Waals surface area contributed by atoms with Crippen LogP contribution in [0.3, 0.4) is 0 Å². The average Bonchev–Trinajstić information content (AvgIpc) is 2.73. The number of hydrogen-bond acceptors (Lipinski definition) is 2. The Morgan fingerprint density at radius 1 is 1.40 bits per heavy atom. The van der Waals surface area contributed by atoms with Crippen molar-refractivity contribution in [3.8, 4) is 0 Å². The van der Waals surface area contributed by atoms with Crippen LogP contribution in [0, 0.1) is 31.1 Å². The topological polar surface area (TPSA) is 37.3 Å². The number of aliphatic hydroxyl groups excluding tert-OH is 1. The van der Waals surface area contributed by atoms with E-state index in [-0.39, 0.29) is 5.78 Å². The van der Waals surface area contributed by atoms with Gasteiger partial charge in [0.15, 0.2) is 0 Å². The predicted octanol–water partition coefficient (Wildman–Crippen LogP) is 2.29. The highest BCUT2D eigenvalue weighted by atomic mass is 16.3. The molecule has 1 aliphatic carbocycles. The van der Waals surface area contributed by atoms with E-state index in [1.54, 1.807) is 0 Å². The molecule has 0 heterocycles. The highest BCUT2D eigenvalue weighted by Crippen LogP contribution is 2.38. The third-order valence-corrected chi connectivity index (χ3v) is 2.65. The standard InChI is InChI=1S/C13H19O2/c1-3-5-9-13(15)11-8-6-7-10(11)12(14)4-2/h6-8,12,14H,3-5,9H2,1-2H3. The third kappa shape index (κ3) is 3.30. The molecule has 0 saturated heterocycles. The van der Waals surface area contributed by atoms with Crippen molar-refractivity contribution >= 4 is 5.78 Å². The lowest BCUT2D eigenvalue weighted by Gasteiger charge is -2.21. The molecule has 1 fully saturated rings. The van der Waals surface area contributed by atoms with E-state index in [1.165, 1.54) is 0 Å². The summed E-state index contributed by atoms with van der Waals surface area (Å²) in [5.74, 6) is 1.65. The Labute approximate surface area is 93.1 Å². The van der Waals surface area contributed by atoms with Crippen molar-refractivity contribution in [1.29, 1.82) is 0 Å². The summed E-state index contributed by atoms with van der Waals surface area (Å²) < 4.78 is 0. The summed E-state index contributed by atoms with van der Waals surface area (Å²) in [6, 6.07) is 0. The fraction of sp³-hybridized carbons (Fsp3) is 0.538. The predicted molar refractivity (Wildman–Crippen MR) is 60.2 cm³/mol. The zero-order valence-electron chi connectivity index (χ0n) is 9.49. The molecule has 1 unspecified atom stereocenters. The van der Waals surface area contributed by atoms with Crippen LogP contribution in [0.5, 0.6) is 0 Å². The third-order valence-electron chi connectivity index (χ3n) is 2.65. The molecule has 0 amide bonds. The monoisotopic (exact) mass is 207 g/mol. The van der Waals surface area contributed by atoms with Crippen LogP contribution in [0.1, 0.15) is 39.5 Å². The number of aliphatic hydroxyl groups is 1. The number of carbonyl (C=O) groups excluding carboxylic acids is 1. The molecule has 0 aromatic rings. The van der Waals surface area contributed by atoms with E-state index in [0.29, 0.717) is 18.8 Å². The minimum absolute atomic E-state index is 0.157. The first kappa shape index (κ1) is 12.7. The first-order valence-corrected chi connectivity index (χ1v) is 5.67. The molecule has 0 aromatic heterocycles. The Balaban J connectivity index is 2.48. The van der Waals surface area contributed by atoms with Gasteiger partial charge < -0.3 is 5.11 Å². The number of Topliss-reactive ketones (excluding diaryl/α,β-unsaturated/α-hetero) is 1. The van der Waals surface area contributed by atoms with E-state index in [4.69, 9.17) is 0 Å². The second kappa shape index (κ2) is 6.26. The molecule has 83 valence electrons. The molecule has 0 spiro atoms. The summed E-state index contributed by atoms with van der Waals surface area (Å²) in [6.45, 7) is 3.98. The number of ketones is 1. The van der Waals surface area contributed by atoms with Crippen LogP contribution < -0.4 is 0 Å². The fourth-order valence-corrected chi connectivity index (χ4v) is 1.67. The first-order chi connectivity index (χ1) is 7.20. The van der Waals surface area contributed by atoms with Crippen LogP contribution in [0.15, 0.2) is 0 Å². The molecule has 1 N–H and O–H groups in total. The van der Waals surface area contributed by atoms with Gasteiger partial charge in [-0.2, -0.15) is 0 Å². The lowest BCUT2D eigenvalue weighted by molar-refractivity contribution is -0.117. The van der Waals surface area contributed by atoms with Crippen molar-refractivity contribution in [2.45, 2.75) is 45.6 Å². The van der Waals surface area contributed by atoms with Crippen molar-refractivity contribution in [3.63, 3.8) is 0 Å². The van der Waals surface area contributed by atoms with Gasteiger partial charge in [0.2, 0.25) is 0 Å². The Morgan fingerprint density at radius 2 is 2.13 bits per heavy atom. The van der Waals surface area contributed by atoms with Gasteiger partial charge in [-0.15, -0.1) is 0 Å². The van der Waals surface area contributed by atoms with Gasteiger partial charge in [-0.05, 0) is 32.1 Å². The van der Waals surface area contributed by atoms with Crippen molar-refractivity contribution in [1.82, 2.24) is 0 Å². The van der Waals surface area contributed by atoms with Gasteiger partial charge in [-0.25, -0.2) is 0 Å². The lowest BCUT2D eigenvalue weighted by Crippen LogP contribution is -2.25. The number of rotatable bonds is 6. The molecule has 0 bridgehead atoms. The maximum Gasteiger partial charge on any atom is 0.141 e. The van der Waals surface area contributed by atoms with E-state index in [1.807, 2.05) is 26.2 Å². The minimum atomic E-state index is -0.499. The van der Waals surface area contributed by atoms with Crippen LogP contribution in [-0.4, -0.2) is 17.0 Å². The molecule has 1 atom stereocenters. The fourth-order valence-electron chi connectivity index (χ4n) is 1.67. The quantitative estimate of drug-likeness (QED) is 0.725. The Kier molecular flexibility index (Phi) is 5.30. The Morgan fingerprint density at radius 3 is 2.73 bits per heavy atom. The molecule has 0 aromatic carbocycles. The molecule has 1 saturated carbocycles.